The van der Waals surface area contributed by atoms with E-state index >= 15 is 0 Å². The molecule has 0 radical (unpaired) electrons. The molecule has 0 heterocycles. The molecule has 0 N–H and O–H groups in total. The Morgan fingerprint density at radius 1 is 1.40 bits per heavy atom. The maximum Gasteiger partial charge on any atom is 0.0587 e. The number of nitrogens with zero attached hydrogens (tertiary/aromatic N) is 1. The third-order valence-corrected chi connectivity index (χ3v) is 0. The predicted octanol–water partition coefficient (Wildman–Crippen LogP) is 0.525. The molecule has 0 aromatic rings. The van der Waals surface area contributed by atoms with Crippen LogP contribution in [0.5, 0.6) is 0 Å². The summed E-state index contributed by atoms with van der Waals surface area (Å²) in [5, 5.41) is 7.32. The van der Waals surface area contributed by atoms with Crippen molar-refractivity contribution in [3.63, 3.8) is 0 Å². The van der Waals surface area contributed by atoms with Gasteiger partial charge in [-0.1, -0.05) is 0 Å². The summed E-state index contributed by atoms with van der Waals surface area (Å²) in [6.45, 7) is 1.43. The van der Waals surface area contributed by atoms with E-state index in [1.54, 1.807) is 6.07 Å². The summed E-state index contributed by atoms with van der Waals surface area (Å²) in [5.41, 5.74) is 0. The van der Waals surface area contributed by atoms with Crippen LogP contribution < -0.4 is 0 Å². The first-order valence-electron chi connectivity index (χ1n) is 0.724. The molecule has 0 bridgehead atoms. The Labute approximate surface area is 59.1 Å². The molecular formula is C2H3NPd2. The summed E-state index contributed by atoms with van der Waals surface area (Å²) < 4.78 is 0. The molecule has 0 aliphatic rings. The average molecular weight is 254 g/mol. The van der Waals surface area contributed by atoms with Gasteiger partial charge in [0.1, 0.15) is 0 Å². The van der Waals surface area contributed by atoms with Gasteiger partial charge in [-0.15, -0.1) is 0 Å². The minimum Gasteiger partial charge on any atom is -0.199 e. The molecule has 0 aromatic carbocycles. The first kappa shape index (κ1) is 17.0. The van der Waals surface area contributed by atoms with E-state index in [2.05, 4.69) is 0 Å². The number of nitriles is 1. The van der Waals surface area contributed by atoms with Gasteiger partial charge in [-0.2, -0.15) is 5.26 Å². The van der Waals surface area contributed by atoms with E-state index in [9.17, 15) is 0 Å². The molecular weight excluding hydrogens is 251 g/mol. The molecule has 0 spiro atoms. The molecule has 1 nitrogen and oxygen atoms in total. The summed E-state index contributed by atoms with van der Waals surface area (Å²) in [7, 11) is 0. The van der Waals surface area contributed by atoms with Crippen molar-refractivity contribution in [3.8, 4) is 6.07 Å². The van der Waals surface area contributed by atoms with Crippen LogP contribution in [0.2, 0.25) is 0 Å². The average Bonchev–Trinajstić information content (AvgIpc) is 0.918. The summed E-state index contributed by atoms with van der Waals surface area (Å²) in [4.78, 5) is 0. The second-order valence-corrected chi connectivity index (χ2v) is 0.224. The molecule has 0 saturated heterocycles. The van der Waals surface area contributed by atoms with Gasteiger partial charge < -0.3 is 0 Å². The maximum atomic E-state index is 7.32. The molecule has 0 atom stereocenters. The monoisotopic (exact) mass is 253 g/mol. The molecule has 36 valence electrons. The quantitative estimate of drug-likeness (QED) is 0.578. The molecule has 0 aromatic heterocycles. The van der Waals surface area contributed by atoms with Crippen LogP contribution >= 0.6 is 0 Å². The van der Waals surface area contributed by atoms with E-state index in [0.29, 0.717) is 0 Å². The van der Waals surface area contributed by atoms with Gasteiger partial charge in [0.25, 0.3) is 0 Å². The fraction of sp³-hybridized carbons (Fsp3) is 0.500. The van der Waals surface area contributed by atoms with Gasteiger partial charge in [0.05, 0.1) is 6.07 Å². The molecule has 0 aliphatic carbocycles. The van der Waals surface area contributed by atoms with E-state index in [4.69, 9.17) is 5.26 Å². The second kappa shape index (κ2) is 21.3. The topological polar surface area (TPSA) is 23.8 Å². The van der Waals surface area contributed by atoms with Crippen molar-refractivity contribution in [3.05, 3.63) is 0 Å². The predicted molar refractivity (Wildman–Crippen MR) is 11.3 cm³/mol. The fourth-order valence-electron chi connectivity index (χ4n) is 0. The van der Waals surface area contributed by atoms with Crippen molar-refractivity contribution in [2.75, 3.05) is 0 Å². The molecule has 5 heavy (non-hydrogen) atoms. The number of rotatable bonds is 0. The zero-order valence-electron chi connectivity index (χ0n) is 2.58. The maximum absolute atomic E-state index is 7.32. The summed E-state index contributed by atoms with van der Waals surface area (Å²) in [6.07, 6.45) is 0. The third-order valence-electron chi connectivity index (χ3n) is 0. The molecule has 0 rings (SSSR count). The van der Waals surface area contributed by atoms with Crippen molar-refractivity contribution in [2.45, 2.75) is 6.92 Å². The van der Waals surface area contributed by atoms with Gasteiger partial charge in [0.15, 0.2) is 0 Å². The zero-order valence-corrected chi connectivity index (χ0v) is 5.69. The number of hydrogen-bond acceptors (Lipinski definition) is 1. The van der Waals surface area contributed by atoms with Crippen LogP contribution in [-0.4, -0.2) is 0 Å². The minimum atomic E-state index is 0. The van der Waals surface area contributed by atoms with Crippen molar-refractivity contribution in [2.24, 2.45) is 0 Å². The van der Waals surface area contributed by atoms with Crippen LogP contribution in [0.25, 0.3) is 0 Å². The molecule has 0 fully saturated rings. The Morgan fingerprint density at radius 2 is 1.40 bits per heavy atom. The van der Waals surface area contributed by atoms with Gasteiger partial charge >= 0.3 is 0 Å². The standard InChI is InChI=1S/C2H3N.2Pd/c1-2-3;;/h1H3;;. The zero-order chi connectivity index (χ0) is 2.71. The Morgan fingerprint density at radius 3 is 1.40 bits per heavy atom. The largest absolute Gasteiger partial charge is 0.199 e. The van der Waals surface area contributed by atoms with Crippen LogP contribution in [0, 0.1) is 11.3 Å². The van der Waals surface area contributed by atoms with Crippen molar-refractivity contribution in [1.82, 2.24) is 0 Å². The summed E-state index contributed by atoms with van der Waals surface area (Å²) in [6, 6.07) is 1.75. The van der Waals surface area contributed by atoms with Crippen LogP contribution in [0.4, 0.5) is 0 Å². The van der Waals surface area contributed by atoms with Gasteiger partial charge in [-0.3, -0.25) is 0 Å². The van der Waals surface area contributed by atoms with Crippen LogP contribution in [0.3, 0.4) is 0 Å². The van der Waals surface area contributed by atoms with Crippen LogP contribution in [-0.2, 0) is 40.8 Å². The molecule has 0 saturated carbocycles. The second-order valence-electron chi connectivity index (χ2n) is 0.224. The number of hydrogen-bond donors (Lipinski definition) is 0. The summed E-state index contributed by atoms with van der Waals surface area (Å²) >= 11 is 0. The third kappa shape index (κ3) is 57.5. The van der Waals surface area contributed by atoms with Crippen LogP contribution in [0.1, 0.15) is 6.92 Å². The Balaban J connectivity index is -0.0000000200. The molecule has 3 heteroatoms. The molecule has 0 amide bonds. The molecule has 0 unspecified atom stereocenters. The van der Waals surface area contributed by atoms with Gasteiger partial charge in [0.2, 0.25) is 0 Å². The first-order valence-corrected chi connectivity index (χ1v) is 0.724. The van der Waals surface area contributed by atoms with E-state index in [-0.39, 0.29) is 40.8 Å². The van der Waals surface area contributed by atoms with Crippen molar-refractivity contribution < 1.29 is 40.8 Å². The van der Waals surface area contributed by atoms with E-state index in [1.165, 1.54) is 6.92 Å². The van der Waals surface area contributed by atoms with E-state index < -0.39 is 0 Å². The van der Waals surface area contributed by atoms with Gasteiger partial charge in [-0.05, 0) is 0 Å². The minimum absolute atomic E-state index is 0. The summed E-state index contributed by atoms with van der Waals surface area (Å²) in [5.74, 6) is 0. The smallest absolute Gasteiger partial charge is 0.0587 e. The van der Waals surface area contributed by atoms with Crippen molar-refractivity contribution >= 4 is 0 Å². The Bertz CT molecular complexity index is 29.1. The van der Waals surface area contributed by atoms with E-state index in [0.717, 1.165) is 0 Å². The molecule has 0 aliphatic heterocycles. The SMILES string of the molecule is CC#N.[Pd].[Pd]. The van der Waals surface area contributed by atoms with Gasteiger partial charge in [-0.25, -0.2) is 0 Å². The van der Waals surface area contributed by atoms with Gasteiger partial charge in [0, 0.05) is 47.8 Å². The van der Waals surface area contributed by atoms with E-state index in [1.807, 2.05) is 0 Å². The van der Waals surface area contributed by atoms with Crippen molar-refractivity contribution in [1.29, 1.82) is 5.26 Å². The van der Waals surface area contributed by atoms with Crippen LogP contribution in [0.15, 0.2) is 0 Å². The normalized spacial score (nSPS) is 1.60. The Kier molecular flexibility index (Phi) is 72.4. The fourth-order valence-corrected chi connectivity index (χ4v) is 0. The first-order chi connectivity index (χ1) is 1.41. The Hall–Kier alpha value is 0.815.